The maximum Gasteiger partial charge on any atom is 0.253 e. The first-order valence-corrected chi connectivity index (χ1v) is 7.03. The van der Waals surface area contributed by atoms with Gasteiger partial charge in [0.15, 0.2) is 0 Å². The van der Waals surface area contributed by atoms with E-state index < -0.39 is 0 Å². The Bertz CT molecular complexity index is 677. The van der Waals surface area contributed by atoms with Crippen LogP contribution in [-0.2, 0) is 13.6 Å². The molecule has 2 aromatic rings. The lowest BCUT2D eigenvalue weighted by Gasteiger charge is -2.22. The molecular formula is C15H19N5O. The molecule has 6 heteroatoms. The molecule has 0 atom stereocenters. The molecule has 1 aliphatic heterocycles. The highest BCUT2D eigenvalue weighted by atomic mass is 16.1. The summed E-state index contributed by atoms with van der Waals surface area (Å²) < 4.78 is 1.76. The van der Waals surface area contributed by atoms with Crippen LogP contribution in [-0.4, -0.2) is 28.8 Å². The van der Waals surface area contributed by atoms with Crippen molar-refractivity contribution in [1.29, 1.82) is 0 Å². The van der Waals surface area contributed by atoms with Gasteiger partial charge in [0.05, 0.1) is 22.6 Å². The Morgan fingerprint density at radius 2 is 2.19 bits per heavy atom. The lowest BCUT2D eigenvalue weighted by molar-refractivity contribution is 0.0951. The van der Waals surface area contributed by atoms with Gasteiger partial charge in [0, 0.05) is 38.4 Å². The largest absolute Gasteiger partial charge is 0.382 e. The van der Waals surface area contributed by atoms with Gasteiger partial charge in [0.25, 0.3) is 5.91 Å². The second-order valence-electron chi connectivity index (χ2n) is 5.18. The van der Waals surface area contributed by atoms with E-state index in [1.165, 1.54) is 0 Å². The molecule has 0 spiro atoms. The summed E-state index contributed by atoms with van der Waals surface area (Å²) in [4.78, 5) is 12.4. The maximum absolute atomic E-state index is 12.4. The molecule has 1 aromatic carbocycles. The van der Waals surface area contributed by atoms with Crippen LogP contribution in [0.25, 0.3) is 0 Å². The van der Waals surface area contributed by atoms with Crippen molar-refractivity contribution in [2.45, 2.75) is 13.5 Å². The normalized spacial score (nSPS) is 13.0. The molecule has 110 valence electrons. The summed E-state index contributed by atoms with van der Waals surface area (Å²) in [6.45, 7) is 4.11. The molecule has 1 aromatic heterocycles. The highest BCUT2D eigenvalue weighted by Gasteiger charge is 2.17. The van der Waals surface area contributed by atoms with Crippen molar-refractivity contribution >= 4 is 17.3 Å². The number of hydrogen-bond donors (Lipinski definition) is 3. The standard InChI is InChI=1S/C15H19N5O/c1-10-11(9-20(2)19-10)8-18-15(21)12-4-3-5-13-14(12)17-7-6-16-13/h3-5,9,16-17H,6-8H2,1-2H3,(H,18,21). The predicted octanol–water partition coefficient (Wildman–Crippen LogP) is 1.50. The first-order valence-electron chi connectivity index (χ1n) is 7.03. The number of amides is 1. The molecule has 0 unspecified atom stereocenters. The Morgan fingerprint density at radius 3 is 2.95 bits per heavy atom. The zero-order valence-electron chi connectivity index (χ0n) is 12.2. The van der Waals surface area contributed by atoms with Crippen molar-refractivity contribution in [3.8, 4) is 0 Å². The van der Waals surface area contributed by atoms with Gasteiger partial charge in [-0.15, -0.1) is 0 Å². The molecule has 0 radical (unpaired) electrons. The third-order valence-corrected chi connectivity index (χ3v) is 3.61. The molecule has 0 saturated carbocycles. The van der Waals surface area contributed by atoms with Gasteiger partial charge >= 0.3 is 0 Å². The number of carbonyl (C=O) groups excluding carboxylic acids is 1. The van der Waals surface area contributed by atoms with Crippen molar-refractivity contribution in [3.63, 3.8) is 0 Å². The van der Waals surface area contributed by atoms with Crippen LogP contribution in [0.4, 0.5) is 11.4 Å². The van der Waals surface area contributed by atoms with Crippen LogP contribution >= 0.6 is 0 Å². The highest BCUT2D eigenvalue weighted by Crippen LogP contribution is 2.28. The Kier molecular flexibility index (Phi) is 3.51. The first-order chi connectivity index (χ1) is 10.1. The average molecular weight is 285 g/mol. The average Bonchev–Trinajstić information content (AvgIpc) is 2.82. The predicted molar refractivity (Wildman–Crippen MR) is 82.5 cm³/mol. The van der Waals surface area contributed by atoms with E-state index in [1.54, 1.807) is 4.68 Å². The molecule has 0 fully saturated rings. The van der Waals surface area contributed by atoms with Crippen molar-refractivity contribution in [1.82, 2.24) is 15.1 Å². The minimum absolute atomic E-state index is 0.0775. The van der Waals surface area contributed by atoms with E-state index in [1.807, 2.05) is 38.4 Å². The van der Waals surface area contributed by atoms with E-state index >= 15 is 0 Å². The van der Waals surface area contributed by atoms with Crippen molar-refractivity contribution in [2.24, 2.45) is 7.05 Å². The van der Waals surface area contributed by atoms with Crippen LogP contribution in [0.15, 0.2) is 24.4 Å². The molecule has 21 heavy (non-hydrogen) atoms. The highest BCUT2D eigenvalue weighted by molar-refractivity contribution is 6.02. The number of carbonyl (C=O) groups is 1. The van der Waals surface area contributed by atoms with Gasteiger partial charge in [-0.25, -0.2) is 0 Å². The van der Waals surface area contributed by atoms with E-state index in [0.717, 1.165) is 35.7 Å². The van der Waals surface area contributed by atoms with Gasteiger partial charge in [-0.3, -0.25) is 9.48 Å². The van der Waals surface area contributed by atoms with Crippen LogP contribution < -0.4 is 16.0 Å². The van der Waals surface area contributed by atoms with Crippen LogP contribution in [0, 0.1) is 6.92 Å². The molecule has 3 rings (SSSR count). The van der Waals surface area contributed by atoms with Gasteiger partial charge in [-0.1, -0.05) is 6.07 Å². The van der Waals surface area contributed by atoms with Gasteiger partial charge in [-0.05, 0) is 19.1 Å². The first kappa shape index (κ1) is 13.5. The third kappa shape index (κ3) is 2.69. The van der Waals surface area contributed by atoms with E-state index in [-0.39, 0.29) is 5.91 Å². The van der Waals surface area contributed by atoms with E-state index in [2.05, 4.69) is 21.0 Å². The maximum atomic E-state index is 12.4. The van der Waals surface area contributed by atoms with E-state index in [4.69, 9.17) is 0 Å². The minimum Gasteiger partial charge on any atom is -0.382 e. The molecular weight excluding hydrogens is 266 g/mol. The topological polar surface area (TPSA) is 71.0 Å². The summed E-state index contributed by atoms with van der Waals surface area (Å²) in [6, 6.07) is 5.71. The lowest BCUT2D eigenvalue weighted by atomic mass is 10.1. The SMILES string of the molecule is Cc1nn(C)cc1CNC(=O)c1cccc2c1NCCN2. The molecule has 1 aliphatic rings. The van der Waals surface area contributed by atoms with E-state index in [9.17, 15) is 4.79 Å². The van der Waals surface area contributed by atoms with Crippen molar-refractivity contribution < 1.29 is 4.79 Å². The Hall–Kier alpha value is -2.50. The quantitative estimate of drug-likeness (QED) is 0.799. The molecule has 6 nitrogen and oxygen atoms in total. The molecule has 1 amide bonds. The Labute approximate surface area is 123 Å². The minimum atomic E-state index is -0.0775. The molecule has 3 N–H and O–H groups in total. The number of anilines is 2. The van der Waals surface area contributed by atoms with Crippen LogP contribution in [0.2, 0.25) is 0 Å². The van der Waals surface area contributed by atoms with Crippen molar-refractivity contribution in [3.05, 3.63) is 41.2 Å². The van der Waals surface area contributed by atoms with Gasteiger partial charge in [-0.2, -0.15) is 5.10 Å². The fraction of sp³-hybridized carbons (Fsp3) is 0.333. The smallest absolute Gasteiger partial charge is 0.253 e. The number of para-hydroxylation sites is 1. The third-order valence-electron chi connectivity index (χ3n) is 3.61. The van der Waals surface area contributed by atoms with Crippen molar-refractivity contribution in [2.75, 3.05) is 23.7 Å². The second-order valence-corrected chi connectivity index (χ2v) is 5.18. The molecule has 0 saturated heterocycles. The van der Waals surface area contributed by atoms with Gasteiger partial charge in [0.1, 0.15) is 0 Å². The number of benzene rings is 1. The summed E-state index contributed by atoms with van der Waals surface area (Å²) in [5, 5.41) is 13.8. The van der Waals surface area contributed by atoms with Gasteiger partial charge < -0.3 is 16.0 Å². The summed E-state index contributed by atoms with van der Waals surface area (Å²) >= 11 is 0. The summed E-state index contributed by atoms with van der Waals surface area (Å²) in [5.41, 5.74) is 4.49. The number of hydrogen-bond acceptors (Lipinski definition) is 4. The zero-order chi connectivity index (χ0) is 14.8. The summed E-state index contributed by atoms with van der Waals surface area (Å²) in [7, 11) is 1.88. The van der Waals surface area contributed by atoms with Crippen LogP contribution in [0.3, 0.4) is 0 Å². The number of fused-ring (bicyclic) bond motifs is 1. The summed E-state index contributed by atoms with van der Waals surface area (Å²) in [6.07, 6.45) is 1.93. The molecule has 0 aliphatic carbocycles. The second kappa shape index (κ2) is 5.47. The fourth-order valence-corrected chi connectivity index (χ4v) is 2.56. The number of rotatable bonds is 3. The molecule has 2 heterocycles. The summed E-state index contributed by atoms with van der Waals surface area (Å²) in [5.74, 6) is -0.0775. The van der Waals surface area contributed by atoms with Crippen LogP contribution in [0.1, 0.15) is 21.6 Å². The monoisotopic (exact) mass is 285 g/mol. The number of nitrogens with zero attached hydrogens (tertiary/aromatic N) is 2. The molecule has 0 bridgehead atoms. The van der Waals surface area contributed by atoms with Gasteiger partial charge in [0.2, 0.25) is 0 Å². The Balaban J connectivity index is 1.75. The van der Waals surface area contributed by atoms with Crippen LogP contribution in [0.5, 0.6) is 0 Å². The Morgan fingerprint density at radius 1 is 1.38 bits per heavy atom. The lowest BCUT2D eigenvalue weighted by Crippen LogP contribution is -2.27. The number of nitrogens with one attached hydrogen (secondary N) is 3. The van der Waals surface area contributed by atoms with E-state index in [0.29, 0.717) is 12.1 Å². The fourth-order valence-electron chi connectivity index (χ4n) is 2.56. The number of aryl methyl sites for hydroxylation is 2. The zero-order valence-corrected chi connectivity index (χ0v) is 12.2. The number of aromatic nitrogens is 2.